The number of rotatable bonds is 4. The van der Waals surface area contributed by atoms with Crippen molar-refractivity contribution in [2.75, 3.05) is 0 Å². The zero-order valence-corrected chi connectivity index (χ0v) is 9.91. The first-order chi connectivity index (χ1) is 8.68. The van der Waals surface area contributed by atoms with Gasteiger partial charge in [0.25, 0.3) is 0 Å². The van der Waals surface area contributed by atoms with Gasteiger partial charge in [0, 0.05) is 12.0 Å². The van der Waals surface area contributed by atoms with Crippen LogP contribution in [0.4, 0.5) is 0 Å². The largest absolute Gasteiger partial charge is 0.388 e. The van der Waals surface area contributed by atoms with Crippen molar-refractivity contribution in [1.82, 2.24) is 0 Å². The molecule has 0 aliphatic heterocycles. The van der Waals surface area contributed by atoms with Gasteiger partial charge in [0.15, 0.2) is 0 Å². The molecule has 1 amide bonds. The molecule has 2 aromatic rings. The van der Waals surface area contributed by atoms with E-state index in [1.165, 1.54) is 0 Å². The number of amides is 1. The summed E-state index contributed by atoms with van der Waals surface area (Å²) in [7, 11) is 0. The summed E-state index contributed by atoms with van der Waals surface area (Å²) in [5.41, 5.74) is 7.27. The first-order valence-corrected chi connectivity index (χ1v) is 5.79. The fourth-order valence-electron chi connectivity index (χ4n) is 1.96. The summed E-state index contributed by atoms with van der Waals surface area (Å²) in [5.74, 6) is -0.516. The molecule has 0 saturated heterocycles. The van der Waals surface area contributed by atoms with Crippen LogP contribution >= 0.6 is 0 Å². The standard InChI is InChI=1S/C15H15NO2/c16-15(18)13-9-5-4-8-12(13)14(17)10-11-6-2-1-3-7-11/h1-9,14,17H,10H2,(H2,16,18)/t14-/m1/s1. The summed E-state index contributed by atoms with van der Waals surface area (Å²) < 4.78 is 0. The normalized spacial score (nSPS) is 12.1. The lowest BCUT2D eigenvalue weighted by molar-refractivity contribution is 0.0992. The molecule has 0 fully saturated rings. The summed E-state index contributed by atoms with van der Waals surface area (Å²) in [6.07, 6.45) is -0.262. The Kier molecular flexibility index (Phi) is 3.75. The second kappa shape index (κ2) is 5.47. The van der Waals surface area contributed by atoms with Crippen LogP contribution < -0.4 is 5.73 Å². The van der Waals surface area contributed by atoms with Crippen molar-refractivity contribution in [2.24, 2.45) is 5.73 Å². The topological polar surface area (TPSA) is 63.3 Å². The van der Waals surface area contributed by atoms with E-state index in [1.807, 2.05) is 30.3 Å². The number of hydrogen-bond donors (Lipinski definition) is 2. The van der Waals surface area contributed by atoms with E-state index < -0.39 is 12.0 Å². The maximum absolute atomic E-state index is 11.3. The van der Waals surface area contributed by atoms with Crippen molar-refractivity contribution < 1.29 is 9.90 Å². The Morgan fingerprint density at radius 3 is 2.33 bits per heavy atom. The Bertz CT molecular complexity index is 537. The van der Waals surface area contributed by atoms with Crippen LogP contribution in [0.3, 0.4) is 0 Å². The van der Waals surface area contributed by atoms with Gasteiger partial charge in [0.1, 0.15) is 0 Å². The lowest BCUT2D eigenvalue weighted by atomic mass is 9.97. The van der Waals surface area contributed by atoms with Gasteiger partial charge in [-0.25, -0.2) is 0 Å². The van der Waals surface area contributed by atoms with E-state index >= 15 is 0 Å². The van der Waals surface area contributed by atoms with E-state index in [0.717, 1.165) is 5.56 Å². The van der Waals surface area contributed by atoms with Gasteiger partial charge in [-0.2, -0.15) is 0 Å². The maximum Gasteiger partial charge on any atom is 0.249 e. The Morgan fingerprint density at radius 2 is 1.67 bits per heavy atom. The second-order valence-electron chi connectivity index (χ2n) is 4.16. The number of hydrogen-bond acceptors (Lipinski definition) is 2. The average molecular weight is 241 g/mol. The SMILES string of the molecule is NC(=O)c1ccccc1[C@H](O)Cc1ccccc1. The van der Waals surface area contributed by atoms with Gasteiger partial charge in [-0.1, -0.05) is 48.5 Å². The molecule has 1 atom stereocenters. The minimum absolute atomic E-state index is 0.376. The molecule has 0 bridgehead atoms. The summed E-state index contributed by atoms with van der Waals surface area (Å²) >= 11 is 0. The number of aliphatic hydroxyl groups is 1. The number of benzene rings is 2. The van der Waals surface area contributed by atoms with E-state index in [-0.39, 0.29) is 0 Å². The molecule has 0 spiro atoms. The molecular weight excluding hydrogens is 226 g/mol. The molecule has 0 aromatic heterocycles. The molecule has 0 radical (unpaired) electrons. The molecule has 2 rings (SSSR count). The van der Waals surface area contributed by atoms with Gasteiger partial charge in [-0.05, 0) is 17.2 Å². The van der Waals surface area contributed by atoms with Gasteiger partial charge < -0.3 is 10.8 Å². The second-order valence-corrected chi connectivity index (χ2v) is 4.16. The lowest BCUT2D eigenvalue weighted by Gasteiger charge is -2.14. The van der Waals surface area contributed by atoms with Crippen LogP contribution in [-0.4, -0.2) is 11.0 Å². The molecule has 92 valence electrons. The highest BCUT2D eigenvalue weighted by molar-refractivity contribution is 5.94. The third-order valence-electron chi connectivity index (χ3n) is 2.86. The zero-order valence-electron chi connectivity index (χ0n) is 9.91. The Morgan fingerprint density at radius 1 is 1.06 bits per heavy atom. The third kappa shape index (κ3) is 2.76. The maximum atomic E-state index is 11.3. The number of nitrogens with two attached hydrogens (primary N) is 1. The molecule has 0 aliphatic rings. The zero-order chi connectivity index (χ0) is 13.0. The smallest absolute Gasteiger partial charge is 0.249 e. The van der Waals surface area contributed by atoms with Crippen LogP contribution in [0, 0.1) is 0 Å². The summed E-state index contributed by atoms with van der Waals surface area (Å²) in [5, 5.41) is 10.2. The van der Waals surface area contributed by atoms with Gasteiger partial charge in [-0.15, -0.1) is 0 Å². The highest BCUT2D eigenvalue weighted by atomic mass is 16.3. The third-order valence-corrected chi connectivity index (χ3v) is 2.86. The summed E-state index contributed by atoms with van der Waals surface area (Å²) in [4.78, 5) is 11.3. The molecular formula is C15H15NO2. The Balaban J connectivity index is 2.24. The molecule has 0 aliphatic carbocycles. The Hall–Kier alpha value is -2.13. The lowest BCUT2D eigenvalue weighted by Crippen LogP contribution is -2.16. The van der Waals surface area contributed by atoms with Crippen molar-refractivity contribution in [1.29, 1.82) is 0 Å². The van der Waals surface area contributed by atoms with Crippen molar-refractivity contribution in [3.8, 4) is 0 Å². The van der Waals surface area contributed by atoms with E-state index in [2.05, 4.69) is 0 Å². The number of carbonyl (C=O) groups is 1. The monoisotopic (exact) mass is 241 g/mol. The van der Waals surface area contributed by atoms with Gasteiger partial charge in [-0.3, -0.25) is 4.79 Å². The number of aliphatic hydroxyl groups excluding tert-OH is 1. The highest BCUT2D eigenvalue weighted by Crippen LogP contribution is 2.21. The van der Waals surface area contributed by atoms with Gasteiger partial charge in [0.2, 0.25) is 5.91 Å². The molecule has 3 N–H and O–H groups in total. The predicted molar refractivity (Wildman–Crippen MR) is 70.1 cm³/mol. The van der Waals surface area contributed by atoms with Crippen LogP contribution in [0.1, 0.15) is 27.6 Å². The van der Waals surface area contributed by atoms with E-state index in [0.29, 0.717) is 17.5 Å². The number of carbonyl (C=O) groups excluding carboxylic acids is 1. The average Bonchev–Trinajstić information content (AvgIpc) is 2.40. The fourth-order valence-corrected chi connectivity index (χ4v) is 1.96. The van der Waals surface area contributed by atoms with Crippen LogP contribution in [-0.2, 0) is 6.42 Å². The van der Waals surface area contributed by atoms with E-state index in [4.69, 9.17) is 5.73 Å². The van der Waals surface area contributed by atoms with Crippen molar-refractivity contribution in [3.63, 3.8) is 0 Å². The minimum Gasteiger partial charge on any atom is -0.388 e. The fraction of sp³-hybridized carbons (Fsp3) is 0.133. The van der Waals surface area contributed by atoms with E-state index in [9.17, 15) is 9.90 Å². The summed E-state index contributed by atoms with van der Waals surface area (Å²) in [6.45, 7) is 0. The van der Waals surface area contributed by atoms with Crippen molar-refractivity contribution in [3.05, 3.63) is 71.3 Å². The van der Waals surface area contributed by atoms with Crippen LogP contribution in [0.5, 0.6) is 0 Å². The van der Waals surface area contributed by atoms with Crippen molar-refractivity contribution in [2.45, 2.75) is 12.5 Å². The molecule has 3 heteroatoms. The predicted octanol–water partition coefficient (Wildman–Crippen LogP) is 2.06. The van der Waals surface area contributed by atoms with Gasteiger partial charge >= 0.3 is 0 Å². The molecule has 18 heavy (non-hydrogen) atoms. The molecule has 2 aromatic carbocycles. The van der Waals surface area contributed by atoms with Crippen LogP contribution in [0.25, 0.3) is 0 Å². The molecule has 3 nitrogen and oxygen atoms in total. The first-order valence-electron chi connectivity index (χ1n) is 5.79. The molecule has 0 unspecified atom stereocenters. The first kappa shape index (κ1) is 12.3. The van der Waals surface area contributed by atoms with E-state index in [1.54, 1.807) is 24.3 Å². The van der Waals surface area contributed by atoms with Crippen molar-refractivity contribution >= 4 is 5.91 Å². The number of primary amides is 1. The molecule has 0 heterocycles. The quantitative estimate of drug-likeness (QED) is 0.860. The minimum atomic E-state index is -0.726. The Labute approximate surface area is 106 Å². The van der Waals surface area contributed by atoms with Gasteiger partial charge in [0.05, 0.1) is 6.10 Å². The molecule has 0 saturated carbocycles. The van der Waals surface area contributed by atoms with Crippen LogP contribution in [0.2, 0.25) is 0 Å². The van der Waals surface area contributed by atoms with Crippen LogP contribution in [0.15, 0.2) is 54.6 Å². The summed E-state index contributed by atoms with van der Waals surface area (Å²) in [6, 6.07) is 16.5. The highest BCUT2D eigenvalue weighted by Gasteiger charge is 2.15.